The Morgan fingerprint density at radius 3 is 2.70 bits per heavy atom. The third kappa shape index (κ3) is 4.33. The quantitative estimate of drug-likeness (QED) is 0.362. The Kier molecular flexibility index (Phi) is 5.12. The molecule has 0 aliphatic carbocycles. The largest absolute Gasteiger partial charge is 0.439 e. The number of benzene rings is 2. The number of amides is 1. The molecule has 0 spiro atoms. The number of pyridine rings is 2. The van der Waals surface area contributed by atoms with E-state index in [0.29, 0.717) is 22.5 Å². The van der Waals surface area contributed by atoms with Crippen molar-refractivity contribution in [2.24, 2.45) is 0 Å². The summed E-state index contributed by atoms with van der Waals surface area (Å²) in [6, 6.07) is 16.4. The summed E-state index contributed by atoms with van der Waals surface area (Å²) in [5, 5.41) is 10.5. The molecule has 3 heterocycles. The summed E-state index contributed by atoms with van der Waals surface area (Å²) >= 11 is 0. The van der Waals surface area contributed by atoms with Gasteiger partial charge in [-0.1, -0.05) is 12.1 Å². The average molecular weight is 440 g/mol. The molecule has 5 aromatic rings. The fraction of sp³-hybridized carbons (Fsp3) is 0. The standard InChI is InChI=1S/C24H17FN6O2/c25-16-2-1-3-19(10-16)33-22-7-5-18(13-28-22)29-24(32)23-20-9-14(4-6-21(20)30-31-23)15-8-17(26)12-27-11-15/h1-13H,26H2,(H,29,32)(H,30,31). The molecule has 3 aromatic heterocycles. The van der Waals surface area contributed by atoms with Gasteiger partial charge in [-0.05, 0) is 42.0 Å². The fourth-order valence-electron chi connectivity index (χ4n) is 3.34. The molecular formula is C24H17FN6O2. The Morgan fingerprint density at radius 1 is 1.00 bits per heavy atom. The van der Waals surface area contributed by atoms with Crippen LogP contribution in [0, 0.1) is 5.82 Å². The zero-order valence-electron chi connectivity index (χ0n) is 17.1. The highest BCUT2D eigenvalue weighted by molar-refractivity contribution is 6.11. The molecular weight excluding hydrogens is 423 g/mol. The maximum absolute atomic E-state index is 13.3. The van der Waals surface area contributed by atoms with Gasteiger partial charge in [-0.2, -0.15) is 5.10 Å². The third-order valence-electron chi connectivity index (χ3n) is 4.88. The highest BCUT2D eigenvalue weighted by Crippen LogP contribution is 2.27. The SMILES string of the molecule is Nc1cncc(-c2ccc3[nH]nc(C(=O)Nc4ccc(Oc5cccc(F)c5)nc4)c3c2)c1. The molecule has 0 aliphatic rings. The van der Waals surface area contributed by atoms with E-state index in [4.69, 9.17) is 10.5 Å². The number of aromatic amines is 1. The number of nitrogen functional groups attached to an aromatic ring is 1. The van der Waals surface area contributed by atoms with Crippen LogP contribution < -0.4 is 15.8 Å². The monoisotopic (exact) mass is 440 g/mol. The highest BCUT2D eigenvalue weighted by atomic mass is 19.1. The minimum atomic E-state index is -0.405. The van der Waals surface area contributed by atoms with Crippen molar-refractivity contribution in [3.8, 4) is 22.8 Å². The number of nitrogens with zero attached hydrogens (tertiary/aromatic N) is 3. The molecule has 0 fully saturated rings. The molecule has 33 heavy (non-hydrogen) atoms. The summed E-state index contributed by atoms with van der Waals surface area (Å²) in [4.78, 5) is 21.1. The zero-order chi connectivity index (χ0) is 22.8. The van der Waals surface area contributed by atoms with Crippen LogP contribution in [-0.2, 0) is 0 Å². The van der Waals surface area contributed by atoms with Crippen LogP contribution in [-0.4, -0.2) is 26.1 Å². The molecule has 0 saturated carbocycles. The van der Waals surface area contributed by atoms with E-state index in [0.717, 1.165) is 16.6 Å². The van der Waals surface area contributed by atoms with Gasteiger partial charge in [0.1, 0.15) is 11.6 Å². The lowest BCUT2D eigenvalue weighted by Gasteiger charge is -2.07. The van der Waals surface area contributed by atoms with Crippen LogP contribution in [0.1, 0.15) is 10.5 Å². The summed E-state index contributed by atoms with van der Waals surface area (Å²) in [7, 11) is 0. The number of hydrogen-bond acceptors (Lipinski definition) is 6. The number of H-pyrrole nitrogens is 1. The fourth-order valence-corrected chi connectivity index (χ4v) is 3.34. The molecule has 0 radical (unpaired) electrons. The minimum Gasteiger partial charge on any atom is -0.439 e. The van der Waals surface area contributed by atoms with Crippen LogP contribution >= 0.6 is 0 Å². The molecule has 5 rings (SSSR count). The van der Waals surface area contributed by atoms with Crippen molar-refractivity contribution in [3.05, 3.63) is 90.8 Å². The number of anilines is 2. The van der Waals surface area contributed by atoms with Crippen LogP contribution in [0.3, 0.4) is 0 Å². The van der Waals surface area contributed by atoms with Crippen LogP contribution in [0.15, 0.2) is 79.3 Å². The van der Waals surface area contributed by atoms with Gasteiger partial charge in [-0.15, -0.1) is 0 Å². The number of fused-ring (bicyclic) bond motifs is 1. The van der Waals surface area contributed by atoms with Gasteiger partial charge in [-0.25, -0.2) is 9.37 Å². The van der Waals surface area contributed by atoms with Gasteiger partial charge in [0.15, 0.2) is 5.69 Å². The first-order valence-electron chi connectivity index (χ1n) is 9.95. The number of hydrogen-bond donors (Lipinski definition) is 3. The van der Waals surface area contributed by atoms with Crippen molar-refractivity contribution in [1.82, 2.24) is 20.2 Å². The topological polar surface area (TPSA) is 119 Å². The molecule has 8 nitrogen and oxygen atoms in total. The number of halogens is 1. The number of carbonyl (C=O) groups excluding carboxylic acids is 1. The van der Waals surface area contributed by atoms with E-state index in [1.54, 1.807) is 36.7 Å². The van der Waals surface area contributed by atoms with E-state index >= 15 is 0 Å². The van der Waals surface area contributed by atoms with Gasteiger partial charge in [0.05, 0.1) is 23.1 Å². The molecule has 0 bridgehead atoms. The lowest BCUT2D eigenvalue weighted by Crippen LogP contribution is -2.13. The average Bonchev–Trinajstić information content (AvgIpc) is 3.24. The predicted molar refractivity (Wildman–Crippen MR) is 122 cm³/mol. The Balaban J connectivity index is 1.35. The Morgan fingerprint density at radius 2 is 1.91 bits per heavy atom. The Hall–Kier alpha value is -4.79. The first-order chi connectivity index (χ1) is 16.0. The molecule has 162 valence electrons. The normalized spacial score (nSPS) is 10.8. The number of rotatable bonds is 5. The third-order valence-corrected chi connectivity index (χ3v) is 4.88. The number of nitrogens with one attached hydrogen (secondary N) is 2. The Labute approximate surface area is 187 Å². The van der Waals surface area contributed by atoms with Crippen molar-refractivity contribution >= 4 is 28.2 Å². The molecule has 0 atom stereocenters. The van der Waals surface area contributed by atoms with Crippen molar-refractivity contribution in [1.29, 1.82) is 0 Å². The first-order valence-corrected chi connectivity index (χ1v) is 9.95. The maximum Gasteiger partial charge on any atom is 0.276 e. The van der Waals surface area contributed by atoms with Crippen LogP contribution in [0.25, 0.3) is 22.0 Å². The van der Waals surface area contributed by atoms with Crippen molar-refractivity contribution in [2.75, 3.05) is 11.1 Å². The summed E-state index contributed by atoms with van der Waals surface area (Å²) in [6.45, 7) is 0. The highest BCUT2D eigenvalue weighted by Gasteiger charge is 2.16. The molecule has 0 saturated heterocycles. The zero-order valence-corrected chi connectivity index (χ0v) is 17.1. The second-order valence-corrected chi connectivity index (χ2v) is 7.24. The van der Waals surface area contributed by atoms with Crippen molar-refractivity contribution < 1.29 is 13.9 Å². The number of carbonyl (C=O) groups is 1. The molecule has 2 aromatic carbocycles. The summed E-state index contributed by atoms with van der Waals surface area (Å²) in [6.07, 6.45) is 4.73. The molecule has 4 N–H and O–H groups in total. The van der Waals surface area contributed by atoms with Gasteiger partial charge < -0.3 is 15.8 Å². The summed E-state index contributed by atoms with van der Waals surface area (Å²) < 4.78 is 18.8. The predicted octanol–water partition coefficient (Wildman–Crippen LogP) is 4.79. The van der Waals surface area contributed by atoms with E-state index < -0.39 is 11.7 Å². The van der Waals surface area contributed by atoms with E-state index in [9.17, 15) is 9.18 Å². The van der Waals surface area contributed by atoms with E-state index in [1.807, 2.05) is 24.3 Å². The number of aromatic nitrogens is 4. The van der Waals surface area contributed by atoms with Gasteiger partial charge in [0, 0.05) is 35.5 Å². The van der Waals surface area contributed by atoms with Gasteiger partial charge in [0.2, 0.25) is 5.88 Å². The van der Waals surface area contributed by atoms with Crippen LogP contribution in [0.2, 0.25) is 0 Å². The summed E-state index contributed by atoms with van der Waals surface area (Å²) in [5.41, 5.74) is 9.50. The molecule has 0 aliphatic heterocycles. The second kappa shape index (κ2) is 8.39. The lowest BCUT2D eigenvalue weighted by molar-refractivity contribution is 0.102. The second-order valence-electron chi connectivity index (χ2n) is 7.24. The smallest absolute Gasteiger partial charge is 0.276 e. The van der Waals surface area contributed by atoms with Crippen LogP contribution in [0.4, 0.5) is 15.8 Å². The van der Waals surface area contributed by atoms with Gasteiger partial charge in [-0.3, -0.25) is 14.9 Å². The first kappa shape index (κ1) is 20.1. The van der Waals surface area contributed by atoms with Crippen molar-refractivity contribution in [3.63, 3.8) is 0 Å². The van der Waals surface area contributed by atoms with E-state index in [1.165, 1.54) is 18.3 Å². The molecule has 0 unspecified atom stereocenters. The minimum absolute atomic E-state index is 0.240. The summed E-state index contributed by atoms with van der Waals surface area (Å²) in [5.74, 6) is -0.208. The Bertz CT molecular complexity index is 1470. The maximum atomic E-state index is 13.3. The number of nitrogens with two attached hydrogens (primary N) is 1. The van der Waals surface area contributed by atoms with Gasteiger partial charge in [0.25, 0.3) is 5.91 Å². The van der Waals surface area contributed by atoms with E-state index in [2.05, 4.69) is 25.5 Å². The molecule has 1 amide bonds. The van der Waals surface area contributed by atoms with E-state index in [-0.39, 0.29) is 11.6 Å². The van der Waals surface area contributed by atoms with Crippen molar-refractivity contribution in [2.45, 2.75) is 0 Å². The molecule has 9 heteroatoms. The number of ether oxygens (including phenoxy) is 1. The lowest BCUT2D eigenvalue weighted by atomic mass is 10.0. The van der Waals surface area contributed by atoms with Gasteiger partial charge >= 0.3 is 0 Å². The van der Waals surface area contributed by atoms with Crippen LogP contribution in [0.5, 0.6) is 11.6 Å².